The van der Waals surface area contributed by atoms with Crippen molar-refractivity contribution in [1.29, 1.82) is 0 Å². The Balaban J connectivity index is 1.64. The molecule has 134 valence electrons. The van der Waals surface area contributed by atoms with Crippen LogP contribution in [0.1, 0.15) is 24.9 Å². The van der Waals surface area contributed by atoms with Crippen molar-refractivity contribution in [3.8, 4) is 0 Å². The number of hydrogen-bond donors (Lipinski definition) is 1. The average Bonchev–Trinajstić information content (AvgIpc) is 2.94. The van der Waals surface area contributed by atoms with Gasteiger partial charge in [-0.1, -0.05) is 42.5 Å². The lowest BCUT2D eigenvalue weighted by Gasteiger charge is -2.24. The molecule has 1 amide bonds. The van der Waals surface area contributed by atoms with Gasteiger partial charge in [-0.05, 0) is 36.7 Å². The molecule has 25 heavy (non-hydrogen) atoms. The summed E-state index contributed by atoms with van der Waals surface area (Å²) in [6.45, 7) is 2.18. The van der Waals surface area contributed by atoms with Crippen molar-refractivity contribution in [2.45, 2.75) is 25.4 Å². The third kappa shape index (κ3) is 4.19. The zero-order valence-corrected chi connectivity index (χ0v) is 15.4. The van der Waals surface area contributed by atoms with Gasteiger partial charge in [-0.2, -0.15) is 0 Å². The third-order valence-electron chi connectivity index (χ3n) is 4.89. The molecule has 1 fully saturated rings. The van der Waals surface area contributed by atoms with E-state index < -0.39 is 9.84 Å². The van der Waals surface area contributed by atoms with Crippen molar-refractivity contribution in [2.24, 2.45) is 0 Å². The summed E-state index contributed by atoms with van der Waals surface area (Å²) in [5.41, 5.74) is 1.08. The Morgan fingerprint density at radius 2 is 1.96 bits per heavy atom. The maximum Gasteiger partial charge on any atom is 0.234 e. The first kappa shape index (κ1) is 17.9. The second-order valence-corrected chi connectivity index (χ2v) is 9.06. The van der Waals surface area contributed by atoms with Gasteiger partial charge in [0.1, 0.15) is 0 Å². The van der Waals surface area contributed by atoms with Crippen molar-refractivity contribution >= 4 is 26.5 Å². The maximum atomic E-state index is 12.4. The first-order valence-corrected chi connectivity index (χ1v) is 10.4. The molecule has 3 rings (SSSR count). The van der Waals surface area contributed by atoms with Crippen LogP contribution >= 0.6 is 0 Å². The minimum atomic E-state index is -2.94. The van der Waals surface area contributed by atoms with Crippen LogP contribution in [0.25, 0.3) is 10.8 Å². The molecule has 0 radical (unpaired) electrons. The molecule has 0 aliphatic carbocycles. The van der Waals surface area contributed by atoms with Gasteiger partial charge in [-0.3, -0.25) is 9.69 Å². The molecular weight excluding hydrogens is 336 g/mol. The lowest BCUT2D eigenvalue weighted by atomic mass is 10.00. The lowest BCUT2D eigenvalue weighted by molar-refractivity contribution is -0.123. The molecule has 5 nitrogen and oxygen atoms in total. The number of nitrogens with zero attached hydrogens (tertiary/aromatic N) is 1. The summed E-state index contributed by atoms with van der Waals surface area (Å²) >= 11 is 0. The number of nitrogens with one attached hydrogen (secondary N) is 1. The van der Waals surface area contributed by atoms with Crippen molar-refractivity contribution in [2.75, 3.05) is 25.1 Å². The molecule has 1 saturated heterocycles. The number of hydrogen-bond acceptors (Lipinski definition) is 4. The Bertz CT molecular complexity index is 874. The highest BCUT2D eigenvalue weighted by molar-refractivity contribution is 7.91. The Hall–Kier alpha value is -1.92. The quantitative estimate of drug-likeness (QED) is 0.887. The Morgan fingerprint density at radius 1 is 1.24 bits per heavy atom. The normalized spacial score (nSPS) is 20.7. The van der Waals surface area contributed by atoms with E-state index in [0.717, 1.165) is 16.3 Å². The van der Waals surface area contributed by atoms with Gasteiger partial charge in [0, 0.05) is 6.04 Å². The van der Waals surface area contributed by atoms with E-state index in [0.29, 0.717) is 6.42 Å². The van der Waals surface area contributed by atoms with Crippen molar-refractivity contribution < 1.29 is 13.2 Å². The number of amides is 1. The van der Waals surface area contributed by atoms with Crippen LogP contribution in [0.2, 0.25) is 0 Å². The van der Waals surface area contributed by atoms with Gasteiger partial charge in [-0.15, -0.1) is 0 Å². The SMILES string of the molecule is CC(NC(=O)CN(C)C1CCS(=O)(=O)C1)c1cccc2ccccc12. The molecule has 0 bridgehead atoms. The minimum absolute atomic E-state index is 0.0661. The second-order valence-electron chi connectivity index (χ2n) is 6.83. The van der Waals surface area contributed by atoms with Gasteiger partial charge in [0.25, 0.3) is 0 Å². The number of likely N-dealkylation sites (N-methyl/N-ethyl adjacent to an activating group) is 1. The van der Waals surface area contributed by atoms with Crippen LogP contribution in [-0.4, -0.2) is 50.4 Å². The summed E-state index contributed by atoms with van der Waals surface area (Å²) in [5.74, 6) is 0.276. The lowest BCUT2D eigenvalue weighted by Crippen LogP contribution is -2.41. The monoisotopic (exact) mass is 360 g/mol. The Kier molecular flexibility index (Phi) is 5.11. The number of fused-ring (bicyclic) bond motifs is 1. The van der Waals surface area contributed by atoms with E-state index in [1.165, 1.54) is 0 Å². The van der Waals surface area contributed by atoms with Crippen LogP contribution in [-0.2, 0) is 14.6 Å². The maximum absolute atomic E-state index is 12.4. The van der Waals surface area contributed by atoms with E-state index in [4.69, 9.17) is 0 Å². The number of carbonyl (C=O) groups excluding carboxylic acids is 1. The van der Waals surface area contributed by atoms with Crippen LogP contribution in [0.5, 0.6) is 0 Å². The molecule has 1 N–H and O–H groups in total. The Morgan fingerprint density at radius 3 is 2.68 bits per heavy atom. The highest BCUT2D eigenvalue weighted by Gasteiger charge is 2.31. The Labute approximate surface area is 148 Å². The van der Waals surface area contributed by atoms with E-state index in [2.05, 4.69) is 23.5 Å². The van der Waals surface area contributed by atoms with Crippen molar-refractivity contribution in [3.63, 3.8) is 0 Å². The largest absolute Gasteiger partial charge is 0.348 e. The van der Waals surface area contributed by atoms with Gasteiger partial charge < -0.3 is 5.32 Å². The molecule has 2 unspecified atom stereocenters. The predicted molar refractivity (Wildman–Crippen MR) is 100 cm³/mol. The second kappa shape index (κ2) is 7.14. The molecule has 2 aromatic rings. The van der Waals surface area contributed by atoms with Crippen molar-refractivity contribution in [1.82, 2.24) is 10.2 Å². The van der Waals surface area contributed by atoms with Gasteiger partial charge in [0.05, 0.1) is 24.1 Å². The van der Waals surface area contributed by atoms with Crippen molar-refractivity contribution in [3.05, 3.63) is 48.0 Å². The number of sulfone groups is 1. The molecule has 1 aliphatic heterocycles. The van der Waals surface area contributed by atoms with Gasteiger partial charge in [0.2, 0.25) is 5.91 Å². The highest BCUT2D eigenvalue weighted by atomic mass is 32.2. The molecule has 2 aromatic carbocycles. The van der Waals surface area contributed by atoms with Crippen LogP contribution in [0.15, 0.2) is 42.5 Å². The van der Waals surface area contributed by atoms with Crippen LogP contribution in [0.3, 0.4) is 0 Å². The summed E-state index contributed by atoms with van der Waals surface area (Å²) in [7, 11) is -1.13. The molecule has 0 aromatic heterocycles. The first-order chi connectivity index (χ1) is 11.9. The molecular formula is C19H24N2O3S. The van der Waals surface area contributed by atoms with E-state index >= 15 is 0 Å². The number of benzene rings is 2. The molecule has 1 aliphatic rings. The van der Waals surface area contributed by atoms with E-state index in [-0.39, 0.29) is 36.0 Å². The molecule has 6 heteroatoms. The highest BCUT2D eigenvalue weighted by Crippen LogP contribution is 2.24. The fourth-order valence-electron chi connectivity index (χ4n) is 3.47. The average molecular weight is 360 g/mol. The van der Waals surface area contributed by atoms with Crippen LogP contribution < -0.4 is 5.32 Å². The summed E-state index contributed by atoms with van der Waals surface area (Å²) in [6, 6.07) is 14.0. The minimum Gasteiger partial charge on any atom is -0.348 e. The van der Waals surface area contributed by atoms with Gasteiger partial charge >= 0.3 is 0 Å². The zero-order valence-electron chi connectivity index (χ0n) is 14.6. The predicted octanol–water partition coefficient (Wildman–Crippen LogP) is 2.14. The third-order valence-corrected chi connectivity index (χ3v) is 6.64. The summed E-state index contributed by atoms with van der Waals surface area (Å²) < 4.78 is 23.2. The fraction of sp³-hybridized carbons (Fsp3) is 0.421. The van der Waals surface area contributed by atoms with Gasteiger partial charge in [0.15, 0.2) is 9.84 Å². The number of rotatable bonds is 5. The smallest absolute Gasteiger partial charge is 0.234 e. The summed E-state index contributed by atoms with van der Waals surface area (Å²) in [4.78, 5) is 14.2. The molecule has 2 atom stereocenters. The zero-order chi connectivity index (χ0) is 18.0. The molecule has 0 spiro atoms. The first-order valence-electron chi connectivity index (χ1n) is 8.53. The number of carbonyl (C=O) groups is 1. The fourth-order valence-corrected chi connectivity index (χ4v) is 5.28. The van der Waals surface area contributed by atoms with E-state index in [1.54, 1.807) is 0 Å². The summed E-state index contributed by atoms with van der Waals surface area (Å²) in [5, 5.41) is 5.31. The van der Waals surface area contributed by atoms with Gasteiger partial charge in [-0.25, -0.2) is 8.42 Å². The van der Waals surface area contributed by atoms with Crippen LogP contribution in [0.4, 0.5) is 0 Å². The topological polar surface area (TPSA) is 66.5 Å². The van der Waals surface area contributed by atoms with E-state index in [9.17, 15) is 13.2 Å². The molecule has 1 heterocycles. The van der Waals surface area contributed by atoms with E-state index in [1.807, 2.05) is 43.1 Å². The van der Waals surface area contributed by atoms with Crippen LogP contribution in [0, 0.1) is 0 Å². The summed E-state index contributed by atoms with van der Waals surface area (Å²) in [6.07, 6.45) is 0.602. The standard InChI is InChI=1S/C19H24N2O3S/c1-14(17-9-5-7-15-6-3-4-8-18(15)17)20-19(22)12-21(2)16-10-11-25(23,24)13-16/h3-9,14,16H,10-13H2,1-2H3,(H,20,22). The molecule has 0 saturated carbocycles.